The van der Waals surface area contributed by atoms with Crippen molar-refractivity contribution in [2.45, 2.75) is 19.3 Å². The number of ketones is 1. The fourth-order valence-corrected chi connectivity index (χ4v) is 1.61. The van der Waals surface area contributed by atoms with Crippen LogP contribution in [0.5, 0.6) is 0 Å². The third-order valence-corrected chi connectivity index (χ3v) is 2.54. The fourth-order valence-electron chi connectivity index (χ4n) is 1.28. The SMILES string of the molecule is O=C1CCCC1(C=S)CO. The quantitative estimate of drug-likeness (QED) is 0.602. The third-order valence-electron chi connectivity index (χ3n) is 2.09. The summed E-state index contributed by atoms with van der Waals surface area (Å²) in [6.45, 7) is -0.116. The molecule has 1 aliphatic carbocycles. The van der Waals surface area contributed by atoms with Gasteiger partial charge in [0.2, 0.25) is 0 Å². The predicted molar refractivity (Wildman–Crippen MR) is 42.0 cm³/mol. The smallest absolute Gasteiger partial charge is 0.145 e. The molecule has 0 aliphatic heterocycles. The van der Waals surface area contributed by atoms with Crippen molar-refractivity contribution in [2.75, 3.05) is 6.61 Å². The molecule has 0 radical (unpaired) electrons. The average Bonchev–Trinajstić information content (AvgIpc) is 2.32. The van der Waals surface area contributed by atoms with E-state index in [1.807, 2.05) is 0 Å². The molecule has 1 N–H and O–H groups in total. The molecule has 1 rings (SSSR count). The van der Waals surface area contributed by atoms with Crippen LogP contribution in [-0.2, 0) is 4.79 Å². The van der Waals surface area contributed by atoms with E-state index >= 15 is 0 Å². The summed E-state index contributed by atoms with van der Waals surface area (Å²) in [5.41, 5.74) is -0.657. The highest BCUT2D eigenvalue weighted by molar-refractivity contribution is 7.79. The van der Waals surface area contributed by atoms with Crippen LogP contribution in [0.2, 0.25) is 0 Å². The summed E-state index contributed by atoms with van der Waals surface area (Å²) >= 11 is 4.69. The number of aliphatic hydroxyl groups is 1. The average molecular weight is 158 g/mol. The number of hydrogen-bond acceptors (Lipinski definition) is 3. The number of carbonyl (C=O) groups excluding carboxylic acids is 1. The van der Waals surface area contributed by atoms with Crippen molar-refractivity contribution < 1.29 is 9.90 Å². The topological polar surface area (TPSA) is 37.3 Å². The predicted octanol–water partition coefficient (Wildman–Crippen LogP) is 0.718. The van der Waals surface area contributed by atoms with Gasteiger partial charge >= 0.3 is 0 Å². The normalized spacial score (nSPS) is 32.7. The van der Waals surface area contributed by atoms with Crippen LogP contribution in [0.25, 0.3) is 0 Å². The Labute approximate surface area is 65.2 Å². The van der Waals surface area contributed by atoms with E-state index in [4.69, 9.17) is 17.3 Å². The second-order valence-corrected chi connectivity index (χ2v) is 2.94. The van der Waals surface area contributed by atoms with Crippen LogP contribution >= 0.6 is 12.2 Å². The van der Waals surface area contributed by atoms with E-state index in [0.29, 0.717) is 6.42 Å². The molecule has 0 spiro atoms. The van der Waals surface area contributed by atoms with Crippen molar-refractivity contribution in [1.82, 2.24) is 0 Å². The lowest BCUT2D eigenvalue weighted by atomic mass is 9.89. The zero-order chi connectivity index (χ0) is 7.61. The summed E-state index contributed by atoms with van der Waals surface area (Å²) in [5.74, 6) is 0.102. The largest absolute Gasteiger partial charge is 0.395 e. The van der Waals surface area contributed by atoms with Crippen LogP contribution in [0.3, 0.4) is 0 Å². The minimum absolute atomic E-state index is 0.102. The summed E-state index contributed by atoms with van der Waals surface area (Å²) in [7, 11) is 0. The summed E-state index contributed by atoms with van der Waals surface area (Å²) in [5, 5.41) is 10.3. The summed E-state index contributed by atoms with van der Waals surface area (Å²) in [6.07, 6.45) is 2.17. The van der Waals surface area contributed by atoms with Gasteiger partial charge in [0.1, 0.15) is 5.78 Å². The van der Waals surface area contributed by atoms with E-state index in [1.54, 1.807) is 0 Å². The second-order valence-electron chi connectivity index (χ2n) is 2.71. The van der Waals surface area contributed by atoms with E-state index in [9.17, 15) is 4.79 Å². The van der Waals surface area contributed by atoms with Crippen molar-refractivity contribution >= 4 is 23.4 Å². The number of Topliss-reactive ketones (excluding diaryl/α,β-unsaturated/α-hetero) is 1. The third kappa shape index (κ3) is 0.995. The first-order chi connectivity index (χ1) is 4.75. The molecule has 0 bridgehead atoms. The van der Waals surface area contributed by atoms with Crippen molar-refractivity contribution in [3.05, 3.63) is 0 Å². The number of rotatable bonds is 2. The summed E-state index contributed by atoms with van der Waals surface area (Å²) in [6, 6.07) is 0. The van der Waals surface area contributed by atoms with Crippen molar-refractivity contribution in [3.8, 4) is 0 Å². The van der Waals surface area contributed by atoms with Crippen LogP contribution < -0.4 is 0 Å². The number of hydrogen-bond donors (Lipinski definition) is 1. The Kier molecular flexibility index (Phi) is 2.16. The Hall–Kier alpha value is -0.280. The van der Waals surface area contributed by atoms with Crippen molar-refractivity contribution in [3.63, 3.8) is 0 Å². The summed E-state index contributed by atoms with van der Waals surface area (Å²) in [4.78, 5) is 11.1. The van der Waals surface area contributed by atoms with Gasteiger partial charge in [0, 0.05) is 6.42 Å². The maximum absolute atomic E-state index is 11.1. The van der Waals surface area contributed by atoms with Crippen LogP contribution in [0.4, 0.5) is 0 Å². The number of aliphatic hydroxyl groups excluding tert-OH is 1. The van der Waals surface area contributed by atoms with Crippen molar-refractivity contribution in [2.24, 2.45) is 5.41 Å². The lowest BCUT2D eigenvalue weighted by Gasteiger charge is -2.17. The maximum Gasteiger partial charge on any atom is 0.145 e. The van der Waals surface area contributed by atoms with Gasteiger partial charge in [-0.1, -0.05) is 12.2 Å². The first kappa shape index (κ1) is 7.82. The molecule has 0 heterocycles. The van der Waals surface area contributed by atoms with Crippen LogP contribution in [-0.4, -0.2) is 22.9 Å². The van der Waals surface area contributed by atoms with E-state index in [0.717, 1.165) is 12.8 Å². The van der Waals surface area contributed by atoms with Gasteiger partial charge in [0.15, 0.2) is 0 Å². The summed E-state index contributed by atoms with van der Waals surface area (Å²) < 4.78 is 0. The minimum Gasteiger partial charge on any atom is -0.395 e. The second kappa shape index (κ2) is 2.76. The van der Waals surface area contributed by atoms with Gasteiger partial charge in [-0.05, 0) is 18.2 Å². The highest BCUT2D eigenvalue weighted by Gasteiger charge is 2.39. The van der Waals surface area contributed by atoms with Crippen LogP contribution in [0.15, 0.2) is 0 Å². The molecule has 1 unspecified atom stereocenters. The molecule has 1 fully saturated rings. The molecular formula is C7H10O2S. The lowest BCUT2D eigenvalue weighted by Crippen LogP contribution is -2.30. The highest BCUT2D eigenvalue weighted by Crippen LogP contribution is 2.32. The van der Waals surface area contributed by atoms with E-state index in [-0.39, 0.29) is 12.4 Å². The fraction of sp³-hybridized carbons (Fsp3) is 0.714. The van der Waals surface area contributed by atoms with Crippen LogP contribution in [0, 0.1) is 5.41 Å². The number of carbonyl (C=O) groups is 1. The first-order valence-electron chi connectivity index (χ1n) is 3.36. The van der Waals surface area contributed by atoms with Gasteiger partial charge in [-0.15, -0.1) is 0 Å². The molecule has 56 valence electrons. The molecule has 1 aliphatic rings. The monoisotopic (exact) mass is 158 g/mol. The molecule has 3 heteroatoms. The van der Waals surface area contributed by atoms with E-state index in [2.05, 4.69) is 0 Å². The van der Waals surface area contributed by atoms with E-state index < -0.39 is 5.41 Å². The van der Waals surface area contributed by atoms with Gasteiger partial charge in [-0.25, -0.2) is 0 Å². The Morgan fingerprint density at radius 3 is 2.70 bits per heavy atom. The molecule has 10 heavy (non-hydrogen) atoms. The molecule has 1 atom stereocenters. The van der Waals surface area contributed by atoms with Gasteiger partial charge in [0.25, 0.3) is 0 Å². The molecule has 0 aromatic carbocycles. The van der Waals surface area contributed by atoms with Gasteiger partial charge in [-0.3, -0.25) is 4.79 Å². The molecule has 0 aromatic rings. The Morgan fingerprint density at radius 2 is 2.50 bits per heavy atom. The molecule has 0 amide bonds. The van der Waals surface area contributed by atoms with Crippen LogP contribution in [0.1, 0.15) is 19.3 Å². The Bertz CT molecular complexity index is 167. The van der Waals surface area contributed by atoms with E-state index in [1.165, 1.54) is 5.37 Å². The van der Waals surface area contributed by atoms with Gasteiger partial charge in [0.05, 0.1) is 12.0 Å². The lowest BCUT2D eigenvalue weighted by molar-refractivity contribution is -0.123. The molecule has 0 aromatic heterocycles. The number of thiocarbonyl (C=S) groups is 1. The zero-order valence-corrected chi connectivity index (χ0v) is 6.49. The molecule has 1 saturated carbocycles. The highest BCUT2D eigenvalue weighted by atomic mass is 32.1. The molecule has 2 nitrogen and oxygen atoms in total. The van der Waals surface area contributed by atoms with Gasteiger partial charge < -0.3 is 5.11 Å². The molecule has 0 saturated heterocycles. The van der Waals surface area contributed by atoms with Crippen molar-refractivity contribution in [1.29, 1.82) is 0 Å². The first-order valence-corrected chi connectivity index (χ1v) is 3.83. The minimum atomic E-state index is -0.657. The Morgan fingerprint density at radius 1 is 1.80 bits per heavy atom. The van der Waals surface area contributed by atoms with Gasteiger partial charge in [-0.2, -0.15) is 0 Å². The Balaban J connectivity index is 2.81. The maximum atomic E-state index is 11.1. The zero-order valence-electron chi connectivity index (χ0n) is 5.67. The molecular weight excluding hydrogens is 148 g/mol. The standard InChI is InChI=1S/C7H10O2S/c8-4-7(5-10)3-1-2-6(7)9/h5,8H,1-4H2.